The Morgan fingerprint density at radius 1 is 1.29 bits per heavy atom. The van der Waals surface area contributed by atoms with E-state index >= 15 is 0 Å². The van der Waals surface area contributed by atoms with Gasteiger partial charge in [-0.2, -0.15) is 5.26 Å². The van der Waals surface area contributed by atoms with Crippen molar-refractivity contribution in [3.63, 3.8) is 0 Å². The monoisotopic (exact) mass is 291 g/mol. The van der Waals surface area contributed by atoms with Crippen LogP contribution in [-0.4, -0.2) is 26.2 Å². The fourth-order valence-electron chi connectivity index (χ4n) is 2.88. The third kappa shape index (κ3) is 1.94. The standard InChI is InChI=1S/C13H14BrN3/c14-12-3-9(4-15)1-2-13(12)17-7-10-5-16-6-11(10)8-17/h1-3,10-11,16H,5-8H2. The summed E-state index contributed by atoms with van der Waals surface area (Å²) in [6.07, 6.45) is 0. The molecule has 2 fully saturated rings. The van der Waals surface area contributed by atoms with E-state index in [9.17, 15) is 0 Å². The van der Waals surface area contributed by atoms with Gasteiger partial charge in [-0.1, -0.05) is 0 Å². The first kappa shape index (κ1) is 11.1. The Labute approximate surface area is 110 Å². The van der Waals surface area contributed by atoms with Crippen molar-refractivity contribution in [3.05, 3.63) is 28.2 Å². The first-order valence-corrected chi connectivity index (χ1v) is 6.72. The zero-order valence-corrected chi connectivity index (χ0v) is 11.1. The molecule has 0 saturated carbocycles. The van der Waals surface area contributed by atoms with Crippen LogP contribution in [0.5, 0.6) is 0 Å². The fraction of sp³-hybridized carbons (Fsp3) is 0.462. The quantitative estimate of drug-likeness (QED) is 0.860. The average molecular weight is 292 g/mol. The van der Waals surface area contributed by atoms with Crippen molar-refractivity contribution in [2.24, 2.45) is 11.8 Å². The van der Waals surface area contributed by atoms with Crippen molar-refractivity contribution in [1.29, 1.82) is 5.26 Å². The van der Waals surface area contributed by atoms with Crippen molar-refractivity contribution < 1.29 is 0 Å². The molecule has 3 rings (SSSR count). The molecular weight excluding hydrogens is 278 g/mol. The Hall–Kier alpha value is -1.05. The molecule has 2 aliphatic heterocycles. The molecule has 0 amide bonds. The molecule has 1 aromatic carbocycles. The molecule has 17 heavy (non-hydrogen) atoms. The van der Waals surface area contributed by atoms with Gasteiger partial charge in [0.1, 0.15) is 0 Å². The summed E-state index contributed by atoms with van der Waals surface area (Å²) in [5.41, 5.74) is 1.93. The van der Waals surface area contributed by atoms with Gasteiger partial charge < -0.3 is 10.2 Å². The Morgan fingerprint density at radius 3 is 2.59 bits per heavy atom. The summed E-state index contributed by atoms with van der Waals surface area (Å²) in [4.78, 5) is 2.43. The Morgan fingerprint density at radius 2 is 2.00 bits per heavy atom. The molecule has 3 nitrogen and oxygen atoms in total. The van der Waals surface area contributed by atoms with E-state index in [0.29, 0.717) is 5.56 Å². The molecule has 0 bridgehead atoms. The molecule has 0 spiro atoms. The number of nitrogens with one attached hydrogen (secondary N) is 1. The summed E-state index contributed by atoms with van der Waals surface area (Å²) >= 11 is 3.57. The highest BCUT2D eigenvalue weighted by molar-refractivity contribution is 9.10. The van der Waals surface area contributed by atoms with Crippen LogP contribution in [0.3, 0.4) is 0 Å². The van der Waals surface area contributed by atoms with E-state index in [4.69, 9.17) is 5.26 Å². The number of anilines is 1. The van der Waals surface area contributed by atoms with Gasteiger partial charge in [-0.3, -0.25) is 0 Å². The predicted octanol–water partition coefficient (Wildman–Crippen LogP) is 1.98. The second-order valence-electron chi connectivity index (χ2n) is 4.86. The van der Waals surface area contributed by atoms with Gasteiger partial charge in [0.15, 0.2) is 0 Å². The normalized spacial score (nSPS) is 26.9. The van der Waals surface area contributed by atoms with Crippen molar-refractivity contribution in [2.75, 3.05) is 31.1 Å². The molecule has 2 atom stereocenters. The van der Waals surface area contributed by atoms with Crippen LogP contribution < -0.4 is 10.2 Å². The van der Waals surface area contributed by atoms with E-state index < -0.39 is 0 Å². The zero-order valence-electron chi connectivity index (χ0n) is 9.49. The topological polar surface area (TPSA) is 39.1 Å². The number of benzene rings is 1. The number of rotatable bonds is 1. The maximum absolute atomic E-state index is 8.86. The molecule has 88 valence electrons. The largest absolute Gasteiger partial charge is 0.370 e. The lowest BCUT2D eigenvalue weighted by atomic mass is 10.0. The molecule has 4 heteroatoms. The highest BCUT2D eigenvalue weighted by Crippen LogP contribution is 2.34. The molecule has 1 aromatic rings. The highest BCUT2D eigenvalue weighted by Gasteiger charge is 2.36. The van der Waals surface area contributed by atoms with Gasteiger partial charge in [0.25, 0.3) is 0 Å². The van der Waals surface area contributed by atoms with E-state index in [1.807, 2.05) is 12.1 Å². The maximum atomic E-state index is 8.86. The number of halogens is 1. The highest BCUT2D eigenvalue weighted by atomic mass is 79.9. The molecule has 0 aliphatic carbocycles. The van der Waals surface area contributed by atoms with Crippen LogP contribution in [0.2, 0.25) is 0 Å². The third-order valence-electron chi connectivity index (χ3n) is 3.81. The Kier molecular flexibility index (Phi) is 2.81. The second-order valence-corrected chi connectivity index (χ2v) is 5.72. The van der Waals surface area contributed by atoms with Gasteiger partial charge in [-0.25, -0.2) is 0 Å². The van der Waals surface area contributed by atoms with E-state index in [-0.39, 0.29) is 0 Å². The Bertz CT molecular complexity index is 468. The minimum atomic E-state index is 0.710. The zero-order chi connectivity index (χ0) is 11.8. The lowest BCUT2D eigenvalue weighted by Gasteiger charge is -2.21. The number of hydrogen-bond acceptors (Lipinski definition) is 3. The molecule has 2 saturated heterocycles. The van der Waals surface area contributed by atoms with E-state index in [1.54, 1.807) is 0 Å². The van der Waals surface area contributed by atoms with Crippen LogP contribution in [0, 0.1) is 23.2 Å². The maximum Gasteiger partial charge on any atom is 0.0992 e. The lowest BCUT2D eigenvalue weighted by Crippen LogP contribution is -2.25. The van der Waals surface area contributed by atoms with E-state index in [0.717, 1.165) is 42.5 Å². The van der Waals surface area contributed by atoms with Gasteiger partial charge >= 0.3 is 0 Å². The number of nitrogens with zero attached hydrogens (tertiary/aromatic N) is 2. The summed E-state index contributed by atoms with van der Waals surface area (Å²) in [6.45, 7) is 4.55. The van der Waals surface area contributed by atoms with Crippen molar-refractivity contribution in [2.45, 2.75) is 0 Å². The number of fused-ring (bicyclic) bond motifs is 1. The van der Waals surface area contributed by atoms with Gasteiger partial charge in [0, 0.05) is 30.7 Å². The molecule has 1 N–H and O–H groups in total. The van der Waals surface area contributed by atoms with E-state index in [2.05, 4.69) is 38.3 Å². The average Bonchev–Trinajstić information content (AvgIpc) is 2.89. The van der Waals surface area contributed by atoms with Crippen LogP contribution in [0.1, 0.15) is 5.56 Å². The van der Waals surface area contributed by atoms with Crippen LogP contribution >= 0.6 is 15.9 Å². The van der Waals surface area contributed by atoms with Crippen molar-refractivity contribution >= 4 is 21.6 Å². The van der Waals surface area contributed by atoms with Gasteiger partial charge in [0.2, 0.25) is 0 Å². The van der Waals surface area contributed by atoms with Gasteiger partial charge in [0.05, 0.1) is 17.3 Å². The molecule has 2 aliphatic rings. The second kappa shape index (κ2) is 4.32. The minimum Gasteiger partial charge on any atom is -0.370 e. The van der Waals surface area contributed by atoms with Gasteiger partial charge in [-0.15, -0.1) is 0 Å². The fourth-order valence-corrected chi connectivity index (χ4v) is 3.51. The van der Waals surface area contributed by atoms with Crippen LogP contribution in [-0.2, 0) is 0 Å². The van der Waals surface area contributed by atoms with Crippen LogP contribution in [0.25, 0.3) is 0 Å². The molecule has 0 aromatic heterocycles. The number of nitriles is 1. The summed E-state index contributed by atoms with van der Waals surface area (Å²) in [7, 11) is 0. The SMILES string of the molecule is N#Cc1ccc(N2CC3CNCC3C2)c(Br)c1. The van der Waals surface area contributed by atoms with Crippen molar-refractivity contribution in [3.8, 4) is 6.07 Å². The van der Waals surface area contributed by atoms with Crippen molar-refractivity contribution in [1.82, 2.24) is 5.32 Å². The van der Waals surface area contributed by atoms with E-state index in [1.165, 1.54) is 5.69 Å². The summed E-state index contributed by atoms with van der Waals surface area (Å²) in [6, 6.07) is 8.02. The lowest BCUT2D eigenvalue weighted by molar-refractivity contribution is 0.533. The summed E-state index contributed by atoms with van der Waals surface area (Å²) in [5.74, 6) is 1.58. The molecular formula is C13H14BrN3. The first-order chi connectivity index (χ1) is 8.28. The molecule has 2 unspecified atom stereocenters. The minimum absolute atomic E-state index is 0.710. The van der Waals surface area contributed by atoms with Gasteiger partial charge in [-0.05, 0) is 46.0 Å². The van der Waals surface area contributed by atoms with Crippen LogP contribution in [0.4, 0.5) is 5.69 Å². The van der Waals surface area contributed by atoms with Crippen LogP contribution in [0.15, 0.2) is 22.7 Å². The molecule has 2 heterocycles. The predicted molar refractivity (Wildman–Crippen MR) is 70.9 cm³/mol. The smallest absolute Gasteiger partial charge is 0.0992 e. The number of hydrogen-bond donors (Lipinski definition) is 1. The summed E-state index contributed by atoms with van der Waals surface area (Å²) < 4.78 is 1.03. The summed E-state index contributed by atoms with van der Waals surface area (Å²) in [5, 5.41) is 12.3. The third-order valence-corrected chi connectivity index (χ3v) is 4.44. The first-order valence-electron chi connectivity index (χ1n) is 5.93. The Balaban J connectivity index is 1.84. The molecule has 0 radical (unpaired) electrons.